The second-order valence-electron chi connectivity index (χ2n) is 8.34. The molecule has 192 valence electrons. The van der Waals surface area contributed by atoms with Gasteiger partial charge in [-0.05, 0) is 42.7 Å². The Morgan fingerprint density at radius 2 is 2.13 bits per heavy atom. The number of rotatable bonds is 6. The van der Waals surface area contributed by atoms with Gasteiger partial charge < -0.3 is 9.84 Å². The lowest BCUT2D eigenvalue weighted by atomic mass is 10.00. The Bertz CT molecular complexity index is 1610. The van der Waals surface area contributed by atoms with Crippen LogP contribution >= 0.6 is 34.7 Å². The molecular formula is C25H18ClFN6O3S2. The number of carbonyl (C=O) groups excluding carboxylic acids is 1. The fourth-order valence-corrected chi connectivity index (χ4v) is 6.46. The van der Waals surface area contributed by atoms with Crippen LogP contribution in [0.5, 0.6) is 5.75 Å². The molecule has 3 heterocycles. The van der Waals surface area contributed by atoms with Crippen molar-refractivity contribution in [3.63, 3.8) is 0 Å². The Morgan fingerprint density at radius 1 is 1.32 bits per heavy atom. The Morgan fingerprint density at radius 3 is 2.89 bits per heavy atom. The number of methoxy groups -OCH3 is 1. The summed E-state index contributed by atoms with van der Waals surface area (Å²) < 4.78 is 20.8. The number of aromatic nitrogens is 4. The third-order valence-corrected chi connectivity index (χ3v) is 8.41. The van der Waals surface area contributed by atoms with Gasteiger partial charge in [0.1, 0.15) is 5.75 Å². The van der Waals surface area contributed by atoms with Gasteiger partial charge in [-0.3, -0.25) is 15.1 Å². The number of anilines is 1. The van der Waals surface area contributed by atoms with Crippen LogP contribution in [0.15, 0.2) is 41.0 Å². The van der Waals surface area contributed by atoms with Crippen LogP contribution in [0.3, 0.4) is 0 Å². The van der Waals surface area contributed by atoms with Gasteiger partial charge in [0.15, 0.2) is 15.3 Å². The van der Waals surface area contributed by atoms with E-state index in [9.17, 15) is 9.90 Å². The number of carbonyl (C=O) groups is 1. The number of aliphatic hydroxyl groups excluding tert-OH is 1. The summed E-state index contributed by atoms with van der Waals surface area (Å²) in [5.41, 5.74) is 3.06. The number of aryl methyl sites for hydroxylation is 1. The molecule has 5 rings (SSSR count). The molecule has 1 aliphatic rings. The van der Waals surface area contributed by atoms with Crippen LogP contribution < -0.4 is 10.1 Å². The van der Waals surface area contributed by atoms with Crippen molar-refractivity contribution in [3.05, 3.63) is 75.6 Å². The second-order valence-corrected chi connectivity index (χ2v) is 11.2. The van der Waals surface area contributed by atoms with Crippen molar-refractivity contribution in [2.24, 2.45) is 0 Å². The molecular weight excluding hydrogens is 551 g/mol. The van der Waals surface area contributed by atoms with Gasteiger partial charge in [0.25, 0.3) is 5.91 Å². The number of fused-ring (bicyclic) bond motifs is 1. The lowest BCUT2D eigenvalue weighted by Gasteiger charge is -2.14. The van der Waals surface area contributed by atoms with Crippen molar-refractivity contribution in [1.82, 2.24) is 20.2 Å². The number of nitriles is 1. The zero-order valence-corrected chi connectivity index (χ0v) is 22.3. The third-order valence-electron chi connectivity index (χ3n) is 5.96. The normalized spacial score (nSPS) is 16.1. The number of aliphatic hydroxyl groups is 1. The summed E-state index contributed by atoms with van der Waals surface area (Å²) in [6.07, 6.45) is 2.46. The van der Waals surface area contributed by atoms with E-state index in [1.54, 1.807) is 25.1 Å². The molecule has 4 aromatic rings. The number of amides is 1. The highest BCUT2D eigenvalue weighted by atomic mass is 35.5. The monoisotopic (exact) mass is 568 g/mol. The van der Waals surface area contributed by atoms with Gasteiger partial charge in [-0.15, -0.1) is 10.2 Å². The Hall–Kier alpha value is -3.63. The van der Waals surface area contributed by atoms with Crippen LogP contribution in [0.1, 0.15) is 38.8 Å². The number of nitrogens with one attached hydrogen (secondary N) is 1. The number of hydrogen-bond donors (Lipinski definition) is 2. The summed E-state index contributed by atoms with van der Waals surface area (Å²) >= 11 is 8.40. The molecule has 13 heteroatoms. The van der Waals surface area contributed by atoms with Crippen LogP contribution in [0.25, 0.3) is 11.1 Å². The number of ether oxygens (including phenoxy) is 1. The molecule has 2 N–H and O–H groups in total. The van der Waals surface area contributed by atoms with Crippen molar-refractivity contribution >= 4 is 45.7 Å². The summed E-state index contributed by atoms with van der Waals surface area (Å²) in [6.45, 7) is 1.71. The molecule has 0 saturated heterocycles. The van der Waals surface area contributed by atoms with E-state index in [1.807, 2.05) is 6.07 Å². The molecule has 0 bridgehead atoms. The molecule has 0 aliphatic heterocycles. The molecule has 38 heavy (non-hydrogen) atoms. The Balaban J connectivity index is 1.36. The zero-order chi connectivity index (χ0) is 27.0. The lowest BCUT2D eigenvalue weighted by Crippen LogP contribution is -2.14. The van der Waals surface area contributed by atoms with Crippen molar-refractivity contribution in [3.8, 4) is 22.9 Å². The largest absolute Gasteiger partial charge is 0.494 e. The SMILES string of the molecule is COc1cnc(Cl)c(F)c1-c1cc(C)ncc1C(=O)Nc1nnc(S[C@@H]2Cc3ccc(C#N)cc3[C@H]2O)s1. The fourth-order valence-electron chi connectivity index (χ4n) is 4.16. The highest BCUT2D eigenvalue weighted by molar-refractivity contribution is 8.01. The summed E-state index contributed by atoms with van der Waals surface area (Å²) in [5.74, 6) is -1.29. The molecule has 0 fully saturated rings. The van der Waals surface area contributed by atoms with Crippen molar-refractivity contribution in [2.45, 2.75) is 29.0 Å². The predicted octanol–water partition coefficient (Wildman–Crippen LogP) is 4.98. The van der Waals surface area contributed by atoms with E-state index in [0.717, 1.165) is 22.5 Å². The smallest absolute Gasteiger partial charge is 0.259 e. The van der Waals surface area contributed by atoms with E-state index in [0.29, 0.717) is 22.0 Å². The number of halogens is 2. The van der Waals surface area contributed by atoms with Gasteiger partial charge in [-0.2, -0.15) is 5.26 Å². The third kappa shape index (κ3) is 4.93. The van der Waals surface area contributed by atoms with Gasteiger partial charge in [-0.25, -0.2) is 9.37 Å². The number of pyridine rings is 2. The van der Waals surface area contributed by atoms with E-state index in [1.165, 1.54) is 31.3 Å². The van der Waals surface area contributed by atoms with Crippen molar-refractivity contribution < 1.29 is 19.0 Å². The first-order chi connectivity index (χ1) is 18.3. The summed E-state index contributed by atoms with van der Waals surface area (Å²) in [6, 6.07) is 8.93. The summed E-state index contributed by atoms with van der Waals surface area (Å²) in [4.78, 5) is 21.2. The first kappa shape index (κ1) is 26.0. The van der Waals surface area contributed by atoms with Gasteiger partial charge in [-0.1, -0.05) is 40.8 Å². The van der Waals surface area contributed by atoms with Crippen molar-refractivity contribution in [2.75, 3.05) is 12.4 Å². The van der Waals surface area contributed by atoms with Crippen LogP contribution in [0.4, 0.5) is 9.52 Å². The first-order valence-corrected chi connectivity index (χ1v) is 13.2. The average Bonchev–Trinajstić information content (AvgIpc) is 3.48. The number of hydrogen-bond acceptors (Lipinski definition) is 10. The second kappa shape index (κ2) is 10.6. The van der Waals surface area contributed by atoms with Gasteiger partial charge in [0, 0.05) is 22.7 Å². The van der Waals surface area contributed by atoms with E-state index < -0.39 is 17.8 Å². The first-order valence-electron chi connectivity index (χ1n) is 11.2. The minimum absolute atomic E-state index is 0.00833. The molecule has 9 nitrogen and oxygen atoms in total. The topological polar surface area (TPSA) is 134 Å². The number of thioether (sulfide) groups is 1. The molecule has 3 aromatic heterocycles. The van der Waals surface area contributed by atoms with E-state index >= 15 is 4.39 Å². The lowest BCUT2D eigenvalue weighted by molar-refractivity contribution is 0.102. The minimum atomic E-state index is -0.821. The quantitative estimate of drug-likeness (QED) is 0.244. The van der Waals surface area contributed by atoms with Crippen molar-refractivity contribution in [1.29, 1.82) is 5.26 Å². The van der Waals surface area contributed by atoms with Gasteiger partial charge in [0.05, 0.1) is 42.2 Å². The molecule has 1 aliphatic carbocycles. The fraction of sp³-hybridized carbons (Fsp3) is 0.200. The Labute approximate surface area is 229 Å². The maximum atomic E-state index is 15.0. The predicted molar refractivity (Wildman–Crippen MR) is 141 cm³/mol. The molecule has 1 aromatic carbocycles. The summed E-state index contributed by atoms with van der Waals surface area (Å²) in [7, 11) is 1.37. The van der Waals surface area contributed by atoms with Crippen LogP contribution in [0, 0.1) is 24.1 Å². The molecule has 0 spiro atoms. The van der Waals surface area contributed by atoms with Crippen LogP contribution in [-0.4, -0.2) is 43.5 Å². The number of nitrogens with zero attached hydrogens (tertiary/aromatic N) is 5. The van der Waals surface area contributed by atoms with Gasteiger partial charge >= 0.3 is 0 Å². The maximum absolute atomic E-state index is 15.0. The molecule has 0 unspecified atom stereocenters. The highest BCUT2D eigenvalue weighted by Crippen LogP contribution is 2.43. The average molecular weight is 569 g/mol. The highest BCUT2D eigenvalue weighted by Gasteiger charge is 2.33. The molecule has 1 amide bonds. The molecule has 0 saturated carbocycles. The zero-order valence-electron chi connectivity index (χ0n) is 19.9. The summed E-state index contributed by atoms with van der Waals surface area (Å²) in [5, 5.41) is 30.4. The molecule has 0 radical (unpaired) electrons. The van der Waals surface area contributed by atoms with Crippen LogP contribution in [0.2, 0.25) is 5.15 Å². The molecule has 2 atom stereocenters. The Kier molecular flexibility index (Phi) is 7.27. The van der Waals surface area contributed by atoms with Gasteiger partial charge in [0.2, 0.25) is 5.13 Å². The van der Waals surface area contributed by atoms with E-state index in [-0.39, 0.29) is 38.0 Å². The van der Waals surface area contributed by atoms with E-state index in [4.69, 9.17) is 21.6 Å². The standard InChI is InChI=1S/C25H18ClFN6O3S2/c1-11-5-15(19-17(36-2)10-30-22(26)20(19)27)16(9-29-11)23(35)31-24-32-33-25(38-24)37-18-7-13-4-3-12(8-28)6-14(13)21(18)34/h3-6,9-10,18,21,34H,7H2,1-2H3,(H,31,32,35)/t18-,21-/m1/s1. The maximum Gasteiger partial charge on any atom is 0.259 e. The number of benzene rings is 1. The minimum Gasteiger partial charge on any atom is -0.494 e. The van der Waals surface area contributed by atoms with E-state index in [2.05, 4.69) is 31.6 Å². The van der Waals surface area contributed by atoms with Crippen LogP contribution in [-0.2, 0) is 6.42 Å².